The minimum absolute atomic E-state index is 0.0518. The van der Waals surface area contributed by atoms with Gasteiger partial charge in [-0.25, -0.2) is 0 Å². The Balaban J connectivity index is 1.38. The Bertz CT molecular complexity index is 726. The Labute approximate surface area is 148 Å². The normalized spacial score (nSPS) is 20.4. The molecule has 2 heterocycles. The minimum atomic E-state index is 0.0518. The third kappa shape index (κ3) is 3.76. The summed E-state index contributed by atoms with van der Waals surface area (Å²) in [5, 5.41) is 10.9. The summed E-state index contributed by atoms with van der Waals surface area (Å²) in [7, 11) is 1.85. The van der Waals surface area contributed by atoms with E-state index < -0.39 is 0 Å². The van der Waals surface area contributed by atoms with Crippen LogP contribution in [-0.2, 0) is 6.54 Å². The molecule has 1 aliphatic carbocycles. The maximum absolute atomic E-state index is 12.7. The average Bonchev–Trinajstić information content (AvgIpc) is 3.41. The molecule has 1 aliphatic heterocycles. The summed E-state index contributed by atoms with van der Waals surface area (Å²) in [6.45, 7) is 2.72. The molecule has 0 radical (unpaired) electrons. The van der Waals surface area contributed by atoms with Crippen molar-refractivity contribution in [2.24, 2.45) is 0 Å². The van der Waals surface area contributed by atoms with E-state index in [9.17, 15) is 4.79 Å². The zero-order valence-corrected chi connectivity index (χ0v) is 14.8. The van der Waals surface area contributed by atoms with Crippen molar-refractivity contribution < 1.29 is 4.79 Å². The molecule has 1 saturated carbocycles. The van der Waals surface area contributed by atoms with Crippen molar-refractivity contribution in [1.82, 2.24) is 20.4 Å². The molecule has 2 aromatic rings. The highest BCUT2D eigenvalue weighted by Gasteiger charge is 2.26. The van der Waals surface area contributed by atoms with Crippen LogP contribution in [0.25, 0.3) is 0 Å². The van der Waals surface area contributed by atoms with E-state index in [-0.39, 0.29) is 5.91 Å². The van der Waals surface area contributed by atoms with Crippen molar-refractivity contribution in [2.75, 3.05) is 20.1 Å². The summed E-state index contributed by atoms with van der Waals surface area (Å²) < 4.78 is 0. The number of piperidine rings is 1. The molecule has 1 aromatic heterocycles. The van der Waals surface area contributed by atoms with Gasteiger partial charge in [0.05, 0.1) is 17.9 Å². The third-order valence-electron chi connectivity index (χ3n) is 5.33. The third-order valence-corrected chi connectivity index (χ3v) is 5.33. The van der Waals surface area contributed by atoms with Gasteiger partial charge in [0.25, 0.3) is 5.91 Å². The van der Waals surface area contributed by atoms with Crippen LogP contribution in [0.4, 0.5) is 0 Å². The molecule has 1 saturated heterocycles. The lowest BCUT2D eigenvalue weighted by Crippen LogP contribution is -2.28. The largest absolute Gasteiger partial charge is 0.336 e. The molecule has 0 spiro atoms. The predicted octanol–water partition coefficient (Wildman–Crippen LogP) is 3.03. The molecule has 0 bridgehead atoms. The zero-order valence-electron chi connectivity index (χ0n) is 14.8. The van der Waals surface area contributed by atoms with Gasteiger partial charge in [-0.15, -0.1) is 0 Å². The topological polar surface area (TPSA) is 61.0 Å². The summed E-state index contributed by atoms with van der Waals surface area (Å²) in [5.41, 5.74) is 4.22. The smallest absolute Gasteiger partial charge is 0.253 e. The van der Waals surface area contributed by atoms with E-state index >= 15 is 0 Å². The first-order chi connectivity index (χ1) is 12.2. The molecule has 25 heavy (non-hydrogen) atoms. The quantitative estimate of drug-likeness (QED) is 0.881. The highest BCUT2D eigenvalue weighted by atomic mass is 16.2. The molecule has 2 fully saturated rings. The summed E-state index contributed by atoms with van der Waals surface area (Å²) >= 11 is 0. The first-order valence-electron chi connectivity index (χ1n) is 9.31. The van der Waals surface area contributed by atoms with Gasteiger partial charge in [0, 0.05) is 25.1 Å². The van der Waals surface area contributed by atoms with Crippen LogP contribution >= 0.6 is 0 Å². The van der Waals surface area contributed by atoms with Gasteiger partial charge in [-0.3, -0.25) is 9.89 Å². The number of hydrogen-bond acceptors (Lipinski definition) is 3. The number of aromatic nitrogens is 2. The predicted molar refractivity (Wildman–Crippen MR) is 97.6 cm³/mol. The second-order valence-corrected chi connectivity index (χ2v) is 7.42. The van der Waals surface area contributed by atoms with Gasteiger partial charge in [0.2, 0.25) is 0 Å². The van der Waals surface area contributed by atoms with Crippen molar-refractivity contribution in [3.63, 3.8) is 0 Å². The highest BCUT2D eigenvalue weighted by molar-refractivity contribution is 5.94. The molecular weight excluding hydrogens is 312 g/mol. The minimum Gasteiger partial charge on any atom is -0.336 e. The fourth-order valence-corrected chi connectivity index (χ4v) is 3.63. The number of nitrogens with zero attached hydrogens (tertiary/aromatic N) is 2. The van der Waals surface area contributed by atoms with Crippen LogP contribution in [0.1, 0.15) is 64.8 Å². The Hall–Kier alpha value is -2.14. The summed E-state index contributed by atoms with van der Waals surface area (Å²) in [4.78, 5) is 14.4. The molecule has 1 unspecified atom stereocenters. The maximum atomic E-state index is 12.7. The molecule has 4 rings (SSSR count). The van der Waals surface area contributed by atoms with Crippen molar-refractivity contribution in [3.8, 4) is 0 Å². The van der Waals surface area contributed by atoms with E-state index in [2.05, 4.69) is 33.7 Å². The molecule has 132 valence electrons. The molecule has 1 aromatic carbocycles. The summed E-state index contributed by atoms with van der Waals surface area (Å²) in [6.07, 6.45) is 4.92. The number of H-pyrrole nitrogens is 1. The SMILES string of the molecule is CN(Cc1cc(C2CC2)n[nH]1)C(=O)c1ccc(C2CCCNC2)cc1. The Morgan fingerprint density at radius 3 is 2.68 bits per heavy atom. The van der Waals surface area contributed by atoms with Gasteiger partial charge < -0.3 is 10.2 Å². The van der Waals surface area contributed by atoms with E-state index in [1.807, 2.05) is 19.2 Å². The van der Waals surface area contributed by atoms with Gasteiger partial charge in [0.1, 0.15) is 0 Å². The van der Waals surface area contributed by atoms with Gasteiger partial charge in [0.15, 0.2) is 0 Å². The highest BCUT2D eigenvalue weighted by Crippen LogP contribution is 2.39. The van der Waals surface area contributed by atoms with Crippen molar-refractivity contribution in [3.05, 3.63) is 52.8 Å². The Morgan fingerprint density at radius 2 is 2.00 bits per heavy atom. The van der Waals surface area contributed by atoms with Crippen LogP contribution in [-0.4, -0.2) is 41.1 Å². The van der Waals surface area contributed by atoms with Crippen molar-refractivity contribution >= 4 is 5.91 Å². The molecular formula is C20H26N4O. The zero-order chi connectivity index (χ0) is 17.2. The van der Waals surface area contributed by atoms with Crippen LogP contribution in [0.5, 0.6) is 0 Å². The fourth-order valence-electron chi connectivity index (χ4n) is 3.63. The summed E-state index contributed by atoms with van der Waals surface area (Å²) in [5.74, 6) is 1.25. The first-order valence-corrected chi connectivity index (χ1v) is 9.31. The lowest BCUT2D eigenvalue weighted by molar-refractivity contribution is 0.0783. The number of rotatable bonds is 5. The van der Waals surface area contributed by atoms with Gasteiger partial charge in [-0.05, 0) is 61.9 Å². The van der Waals surface area contributed by atoms with Crippen LogP contribution in [0.2, 0.25) is 0 Å². The lowest BCUT2D eigenvalue weighted by Gasteiger charge is -2.23. The number of carbonyl (C=O) groups is 1. The molecule has 5 nitrogen and oxygen atoms in total. The first kappa shape index (κ1) is 16.3. The van der Waals surface area contributed by atoms with Crippen LogP contribution in [0.3, 0.4) is 0 Å². The fraction of sp³-hybridized carbons (Fsp3) is 0.500. The van der Waals surface area contributed by atoms with Crippen LogP contribution in [0.15, 0.2) is 30.3 Å². The average molecular weight is 338 g/mol. The van der Waals surface area contributed by atoms with E-state index in [1.54, 1.807) is 4.90 Å². The van der Waals surface area contributed by atoms with Crippen LogP contribution < -0.4 is 5.32 Å². The van der Waals surface area contributed by atoms with Crippen LogP contribution in [0, 0.1) is 0 Å². The maximum Gasteiger partial charge on any atom is 0.253 e. The van der Waals surface area contributed by atoms with E-state index in [1.165, 1.54) is 31.2 Å². The summed E-state index contributed by atoms with van der Waals surface area (Å²) in [6, 6.07) is 10.2. The van der Waals surface area contributed by atoms with Crippen molar-refractivity contribution in [2.45, 2.75) is 44.1 Å². The second-order valence-electron chi connectivity index (χ2n) is 7.42. The molecule has 1 atom stereocenters. The number of benzene rings is 1. The molecule has 2 N–H and O–H groups in total. The van der Waals surface area contributed by atoms with Gasteiger partial charge >= 0.3 is 0 Å². The van der Waals surface area contributed by atoms with Gasteiger partial charge in [-0.1, -0.05) is 12.1 Å². The van der Waals surface area contributed by atoms with E-state index in [0.29, 0.717) is 18.4 Å². The monoisotopic (exact) mass is 338 g/mol. The van der Waals surface area contributed by atoms with E-state index in [0.717, 1.165) is 30.0 Å². The molecule has 2 aliphatic rings. The molecule has 1 amide bonds. The van der Waals surface area contributed by atoms with Crippen molar-refractivity contribution in [1.29, 1.82) is 0 Å². The number of nitrogens with one attached hydrogen (secondary N) is 2. The van der Waals surface area contributed by atoms with Gasteiger partial charge in [-0.2, -0.15) is 5.10 Å². The van der Waals surface area contributed by atoms with E-state index in [4.69, 9.17) is 0 Å². The number of amides is 1. The lowest BCUT2D eigenvalue weighted by atomic mass is 9.91. The number of aromatic amines is 1. The number of hydrogen-bond donors (Lipinski definition) is 2. The molecule has 5 heteroatoms. The Morgan fingerprint density at radius 1 is 1.20 bits per heavy atom. The second kappa shape index (κ2) is 7.00. The number of carbonyl (C=O) groups excluding carboxylic acids is 1. The Kier molecular flexibility index (Phi) is 4.57. The standard InChI is InChI=1S/C20H26N4O/c1-24(13-18-11-19(23-22-18)15-6-7-15)20(25)16-8-4-14(5-9-16)17-3-2-10-21-12-17/h4-5,8-9,11,15,17,21H,2-3,6-7,10,12-13H2,1H3,(H,22,23).